The summed E-state index contributed by atoms with van der Waals surface area (Å²) in [4.78, 5) is 0. The van der Waals surface area contributed by atoms with Crippen molar-refractivity contribution >= 4 is 0 Å². The van der Waals surface area contributed by atoms with E-state index >= 15 is 0 Å². The fourth-order valence-electron chi connectivity index (χ4n) is 2.53. The van der Waals surface area contributed by atoms with Gasteiger partial charge in [0.05, 0.1) is 18.3 Å². The zero-order chi connectivity index (χ0) is 14.6. The molecular weight excluding hydrogens is 269 g/mol. The van der Waals surface area contributed by atoms with Crippen LogP contribution in [0.2, 0.25) is 0 Å². The normalized spacial score (nSPS) is 23.8. The van der Waals surface area contributed by atoms with Crippen LogP contribution in [-0.4, -0.2) is 17.8 Å². The predicted octanol–water partition coefficient (Wildman–Crippen LogP) is 3.77. The smallest absolute Gasteiger partial charge is 0.396 e. The first-order valence-corrected chi connectivity index (χ1v) is 6.87. The van der Waals surface area contributed by atoms with Gasteiger partial charge in [-0.15, -0.1) is 0 Å². The number of hydrogen-bond acceptors (Lipinski definition) is 2. The zero-order valence-corrected chi connectivity index (χ0v) is 11.2. The summed E-state index contributed by atoms with van der Waals surface area (Å²) in [6, 6.07) is 5.26. The number of benzene rings is 1. The summed E-state index contributed by atoms with van der Waals surface area (Å²) in [6.07, 6.45) is -0.649. The van der Waals surface area contributed by atoms with Crippen LogP contribution in [0.15, 0.2) is 24.3 Å². The largest absolute Gasteiger partial charge is 0.416 e. The second-order valence-corrected chi connectivity index (χ2v) is 5.33. The third-order valence-electron chi connectivity index (χ3n) is 3.79. The Morgan fingerprint density at radius 3 is 2.45 bits per heavy atom. The van der Waals surface area contributed by atoms with Crippen molar-refractivity contribution in [3.8, 4) is 0 Å². The lowest BCUT2D eigenvalue weighted by atomic mass is 9.88. The molecule has 20 heavy (non-hydrogen) atoms. The van der Waals surface area contributed by atoms with E-state index in [-0.39, 0.29) is 19.3 Å². The molecule has 0 heterocycles. The maximum atomic E-state index is 12.6. The SMILES string of the molecule is OCC1CCC(OCc2cccc(C(F)(F)F)c2)CC1. The summed E-state index contributed by atoms with van der Waals surface area (Å²) in [6.45, 7) is 0.415. The van der Waals surface area contributed by atoms with Crippen molar-refractivity contribution in [3.05, 3.63) is 35.4 Å². The van der Waals surface area contributed by atoms with Crippen molar-refractivity contribution in [1.82, 2.24) is 0 Å². The summed E-state index contributed by atoms with van der Waals surface area (Å²) in [5.41, 5.74) is -0.0910. The van der Waals surface area contributed by atoms with E-state index < -0.39 is 11.7 Å². The van der Waals surface area contributed by atoms with Gasteiger partial charge in [-0.2, -0.15) is 13.2 Å². The van der Waals surface area contributed by atoms with Crippen molar-refractivity contribution in [3.63, 3.8) is 0 Å². The molecule has 1 aromatic rings. The zero-order valence-electron chi connectivity index (χ0n) is 11.2. The van der Waals surface area contributed by atoms with Gasteiger partial charge in [0.15, 0.2) is 0 Å². The predicted molar refractivity (Wildman–Crippen MR) is 69.1 cm³/mol. The van der Waals surface area contributed by atoms with Gasteiger partial charge >= 0.3 is 6.18 Å². The Bertz CT molecular complexity index is 423. The number of halogens is 3. The Morgan fingerprint density at radius 2 is 1.85 bits per heavy atom. The molecule has 1 saturated carbocycles. The number of rotatable bonds is 4. The molecule has 2 nitrogen and oxygen atoms in total. The Kier molecular flexibility index (Phi) is 5.05. The van der Waals surface area contributed by atoms with E-state index in [0.717, 1.165) is 37.8 Å². The number of ether oxygens (including phenoxy) is 1. The molecule has 1 N–H and O–H groups in total. The summed E-state index contributed by atoms with van der Waals surface area (Å²) < 4.78 is 43.4. The molecule has 0 aliphatic heterocycles. The summed E-state index contributed by atoms with van der Waals surface area (Å²) in [5, 5.41) is 9.04. The van der Waals surface area contributed by atoms with Gasteiger partial charge < -0.3 is 9.84 Å². The summed E-state index contributed by atoms with van der Waals surface area (Å²) >= 11 is 0. The Balaban J connectivity index is 1.85. The van der Waals surface area contributed by atoms with E-state index in [1.54, 1.807) is 6.07 Å². The topological polar surface area (TPSA) is 29.5 Å². The van der Waals surface area contributed by atoms with Crippen LogP contribution in [0.25, 0.3) is 0 Å². The van der Waals surface area contributed by atoms with Crippen molar-refractivity contribution < 1.29 is 23.0 Å². The van der Waals surface area contributed by atoms with Gasteiger partial charge in [-0.3, -0.25) is 0 Å². The number of aliphatic hydroxyl groups excluding tert-OH is 1. The Morgan fingerprint density at radius 1 is 1.15 bits per heavy atom. The highest BCUT2D eigenvalue weighted by Gasteiger charge is 2.30. The molecule has 1 aromatic carbocycles. The van der Waals surface area contributed by atoms with Gasteiger partial charge in [-0.05, 0) is 49.3 Å². The number of hydrogen-bond donors (Lipinski definition) is 1. The third kappa shape index (κ3) is 4.21. The van der Waals surface area contributed by atoms with Crippen LogP contribution in [0.1, 0.15) is 36.8 Å². The van der Waals surface area contributed by atoms with Crippen molar-refractivity contribution in [2.75, 3.05) is 6.61 Å². The molecule has 0 spiro atoms. The molecule has 1 aliphatic rings. The monoisotopic (exact) mass is 288 g/mol. The highest BCUT2D eigenvalue weighted by Crippen LogP contribution is 2.30. The van der Waals surface area contributed by atoms with Gasteiger partial charge in [0.25, 0.3) is 0 Å². The molecule has 0 amide bonds. The van der Waals surface area contributed by atoms with E-state index in [1.165, 1.54) is 6.07 Å². The molecular formula is C15H19F3O2. The minimum atomic E-state index is -4.31. The molecule has 0 bridgehead atoms. The van der Waals surface area contributed by atoms with Crippen LogP contribution >= 0.6 is 0 Å². The number of aliphatic hydroxyl groups is 1. The highest BCUT2D eigenvalue weighted by atomic mass is 19.4. The molecule has 2 rings (SSSR count). The summed E-state index contributed by atoms with van der Waals surface area (Å²) in [7, 11) is 0. The third-order valence-corrected chi connectivity index (χ3v) is 3.79. The Hall–Kier alpha value is -1.07. The Labute approximate surface area is 116 Å². The lowest BCUT2D eigenvalue weighted by Gasteiger charge is -2.27. The quantitative estimate of drug-likeness (QED) is 0.913. The first kappa shape index (κ1) is 15.3. The minimum absolute atomic E-state index is 0.0901. The van der Waals surface area contributed by atoms with Gasteiger partial charge in [0, 0.05) is 6.61 Å². The molecule has 0 aromatic heterocycles. The molecule has 112 valence electrons. The van der Waals surface area contributed by atoms with Crippen LogP contribution in [0, 0.1) is 5.92 Å². The average Bonchev–Trinajstić information content (AvgIpc) is 2.45. The first-order chi connectivity index (χ1) is 9.49. The fraction of sp³-hybridized carbons (Fsp3) is 0.600. The van der Waals surface area contributed by atoms with Crippen LogP contribution in [0.3, 0.4) is 0 Å². The summed E-state index contributed by atoms with van der Waals surface area (Å²) in [5.74, 6) is 0.350. The van der Waals surface area contributed by atoms with Gasteiger partial charge in [-0.1, -0.05) is 12.1 Å². The van der Waals surface area contributed by atoms with Crippen molar-refractivity contribution in [2.24, 2.45) is 5.92 Å². The van der Waals surface area contributed by atoms with Crippen LogP contribution < -0.4 is 0 Å². The van der Waals surface area contributed by atoms with Gasteiger partial charge in [0.2, 0.25) is 0 Å². The van der Waals surface area contributed by atoms with E-state index in [1.807, 2.05) is 0 Å². The lowest BCUT2D eigenvalue weighted by molar-refractivity contribution is -0.137. The van der Waals surface area contributed by atoms with E-state index in [4.69, 9.17) is 9.84 Å². The van der Waals surface area contributed by atoms with Crippen LogP contribution in [0.5, 0.6) is 0 Å². The minimum Gasteiger partial charge on any atom is -0.396 e. The average molecular weight is 288 g/mol. The first-order valence-electron chi connectivity index (χ1n) is 6.87. The highest BCUT2D eigenvalue weighted by molar-refractivity contribution is 5.25. The molecule has 0 saturated heterocycles. The molecule has 5 heteroatoms. The van der Waals surface area contributed by atoms with Crippen LogP contribution in [0.4, 0.5) is 13.2 Å². The van der Waals surface area contributed by atoms with Crippen molar-refractivity contribution in [2.45, 2.75) is 44.6 Å². The second kappa shape index (κ2) is 6.59. The second-order valence-electron chi connectivity index (χ2n) is 5.33. The molecule has 0 unspecified atom stereocenters. The lowest BCUT2D eigenvalue weighted by Crippen LogP contribution is -2.23. The van der Waals surface area contributed by atoms with E-state index in [2.05, 4.69) is 0 Å². The molecule has 1 aliphatic carbocycles. The molecule has 1 fully saturated rings. The van der Waals surface area contributed by atoms with Gasteiger partial charge in [-0.25, -0.2) is 0 Å². The standard InChI is InChI=1S/C15H19F3O2/c16-15(17,18)13-3-1-2-12(8-13)10-20-14-6-4-11(9-19)5-7-14/h1-3,8,11,14,19H,4-7,9-10H2. The fourth-order valence-corrected chi connectivity index (χ4v) is 2.53. The van der Waals surface area contributed by atoms with E-state index in [9.17, 15) is 13.2 Å². The maximum absolute atomic E-state index is 12.6. The number of alkyl halides is 3. The maximum Gasteiger partial charge on any atom is 0.416 e. The van der Waals surface area contributed by atoms with Gasteiger partial charge in [0.1, 0.15) is 0 Å². The van der Waals surface area contributed by atoms with E-state index in [0.29, 0.717) is 11.5 Å². The van der Waals surface area contributed by atoms with Crippen LogP contribution in [-0.2, 0) is 17.5 Å². The molecule has 0 atom stereocenters. The van der Waals surface area contributed by atoms with Crippen molar-refractivity contribution in [1.29, 1.82) is 0 Å². The molecule has 0 radical (unpaired) electrons.